The lowest BCUT2D eigenvalue weighted by Gasteiger charge is -2.33. The van der Waals surface area contributed by atoms with Gasteiger partial charge in [0.25, 0.3) is 0 Å². The van der Waals surface area contributed by atoms with Gasteiger partial charge in [0.15, 0.2) is 0 Å². The van der Waals surface area contributed by atoms with Gasteiger partial charge in [-0.2, -0.15) is 4.31 Å². The van der Waals surface area contributed by atoms with Crippen molar-refractivity contribution in [1.29, 1.82) is 0 Å². The van der Waals surface area contributed by atoms with Crippen LogP contribution in [0.4, 0.5) is 0 Å². The number of carboxylic acids is 1. The molecule has 1 unspecified atom stereocenters. The van der Waals surface area contributed by atoms with Crippen LogP contribution >= 0.6 is 0 Å². The number of benzene rings is 1. The van der Waals surface area contributed by atoms with Crippen molar-refractivity contribution in [3.05, 3.63) is 24.3 Å². The molecule has 1 aliphatic heterocycles. The second-order valence-corrected chi connectivity index (χ2v) is 8.74. The molecule has 1 atom stereocenters. The predicted molar refractivity (Wildman–Crippen MR) is 88.4 cm³/mol. The highest BCUT2D eigenvalue weighted by Crippen LogP contribution is 2.47. The zero-order valence-corrected chi connectivity index (χ0v) is 14.6. The first-order valence-corrected chi connectivity index (χ1v) is 9.71. The first-order chi connectivity index (χ1) is 11.4. The van der Waals surface area contributed by atoms with E-state index in [2.05, 4.69) is 0 Å². The summed E-state index contributed by atoms with van der Waals surface area (Å²) in [5.41, 5.74) is -0.180. The Labute approximate surface area is 142 Å². The Morgan fingerprint density at radius 3 is 2.38 bits per heavy atom. The van der Waals surface area contributed by atoms with Gasteiger partial charge in [0.2, 0.25) is 10.0 Å². The van der Waals surface area contributed by atoms with E-state index >= 15 is 0 Å². The van der Waals surface area contributed by atoms with Crippen LogP contribution in [0.5, 0.6) is 5.75 Å². The summed E-state index contributed by atoms with van der Waals surface area (Å²) in [6, 6.07) is 5.12. The van der Waals surface area contributed by atoms with Gasteiger partial charge in [-0.05, 0) is 48.9 Å². The molecule has 1 N–H and O–H groups in total. The Hall–Kier alpha value is -1.60. The molecule has 0 amide bonds. The van der Waals surface area contributed by atoms with Crippen molar-refractivity contribution in [3.63, 3.8) is 0 Å². The lowest BCUT2D eigenvalue weighted by atomic mass is 9.73. The summed E-state index contributed by atoms with van der Waals surface area (Å²) in [5.74, 6) is -0.497. The number of methoxy groups -OCH3 is 1. The van der Waals surface area contributed by atoms with Crippen molar-refractivity contribution >= 4 is 16.0 Å². The Morgan fingerprint density at radius 1 is 1.21 bits per heavy atom. The highest BCUT2D eigenvalue weighted by Gasteiger charge is 2.51. The van der Waals surface area contributed by atoms with E-state index in [0.717, 1.165) is 32.1 Å². The number of sulfonamides is 1. The third-order valence-electron chi connectivity index (χ3n) is 5.33. The molecule has 1 saturated heterocycles. The second kappa shape index (κ2) is 6.37. The van der Waals surface area contributed by atoms with Gasteiger partial charge in [0.1, 0.15) is 11.8 Å². The molecule has 1 heterocycles. The molecule has 24 heavy (non-hydrogen) atoms. The molecule has 2 fully saturated rings. The zero-order valence-electron chi connectivity index (χ0n) is 13.8. The van der Waals surface area contributed by atoms with E-state index < -0.39 is 22.0 Å². The summed E-state index contributed by atoms with van der Waals surface area (Å²) in [6.45, 7) is 0.304. The largest absolute Gasteiger partial charge is 0.497 e. The van der Waals surface area contributed by atoms with Gasteiger partial charge >= 0.3 is 5.97 Å². The van der Waals surface area contributed by atoms with E-state index in [9.17, 15) is 18.3 Å². The van der Waals surface area contributed by atoms with Crippen LogP contribution in [-0.2, 0) is 14.8 Å². The summed E-state index contributed by atoms with van der Waals surface area (Å²) >= 11 is 0. The fraction of sp³-hybridized carbons (Fsp3) is 0.588. The number of carbonyl (C=O) groups is 1. The predicted octanol–water partition coefficient (Wildman–Crippen LogP) is 2.49. The first kappa shape index (κ1) is 17.2. The van der Waals surface area contributed by atoms with Crippen molar-refractivity contribution in [1.82, 2.24) is 4.31 Å². The maximum atomic E-state index is 13.0. The minimum absolute atomic E-state index is 0.113. The van der Waals surface area contributed by atoms with Gasteiger partial charge < -0.3 is 9.84 Å². The van der Waals surface area contributed by atoms with Gasteiger partial charge in [-0.3, -0.25) is 4.79 Å². The minimum atomic E-state index is -3.84. The number of rotatable bonds is 4. The topological polar surface area (TPSA) is 83.9 Å². The maximum Gasteiger partial charge on any atom is 0.322 e. The van der Waals surface area contributed by atoms with Crippen LogP contribution in [0.3, 0.4) is 0 Å². The van der Waals surface area contributed by atoms with Gasteiger partial charge in [-0.25, -0.2) is 8.42 Å². The fourth-order valence-corrected chi connectivity index (χ4v) is 5.72. The van der Waals surface area contributed by atoms with E-state index in [1.165, 1.54) is 23.5 Å². The van der Waals surface area contributed by atoms with Crippen molar-refractivity contribution in [2.24, 2.45) is 5.41 Å². The average molecular weight is 353 g/mol. The van der Waals surface area contributed by atoms with Crippen LogP contribution < -0.4 is 4.74 Å². The highest BCUT2D eigenvalue weighted by molar-refractivity contribution is 7.89. The van der Waals surface area contributed by atoms with Crippen LogP contribution in [-0.4, -0.2) is 43.5 Å². The quantitative estimate of drug-likeness (QED) is 0.899. The van der Waals surface area contributed by atoms with E-state index in [4.69, 9.17) is 4.74 Å². The molecule has 0 radical (unpaired) electrons. The lowest BCUT2D eigenvalue weighted by molar-refractivity contribution is -0.140. The second-order valence-electron chi connectivity index (χ2n) is 6.84. The molecule has 1 saturated carbocycles. The molecule has 0 bridgehead atoms. The van der Waals surface area contributed by atoms with Crippen LogP contribution in [0.2, 0.25) is 0 Å². The number of hydrogen-bond donors (Lipinski definition) is 1. The fourth-order valence-electron chi connectivity index (χ4n) is 4.03. The van der Waals surface area contributed by atoms with Gasteiger partial charge in [-0.15, -0.1) is 0 Å². The third-order valence-corrected chi connectivity index (χ3v) is 7.20. The molecule has 1 aromatic rings. The molecule has 132 valence electrons. The number of nitrogens with zero attached hydrogens (tertiary/aromatic N) is 1. The molecule has 1 aromatic carbocycles. The zero-order chi connectivity index (χ0) is 17.4. The smallest absolute Gasteiger partial charge is 0.322 e. The molecular weight excluding hydrogens is 330 g/mol. The van der Waals surface area contributed by atoms with Crippen molar-refractivity contribution in [2.45, 2.75) is 49.5 Å². The molecule has 3 rings (SSSR count). The van der Waals surface area contributed by atoms with Crippen LogP contribution in [0.15, 0.2) is 29.2 Å². The Bertz CT molecular complexity index is 707. The average Bonchev–Trinajstić information content (AvgIpc) is 2.96. The minimum Gasteiger partial charge on any atom is -0.497 e. The van der Waals surface area contributed by atoms with Crippen molar-refractivity contribution < 1.29 is 23.1 Å². The summed E-state index contributed by atoms with van der Waals surface area (Å²) in [7, 11) is -2.33. The molecule has 0 aromatic heterocycles. The van der Waals surface area contributed by atoms with Gasteiger partial charge in [0.05, 0.1) is 12.0 Å². The van der Waals surface area contributed by atoms with E-state index in [0.29, 0.717) is 18.7 Å². The summed E-state index contributed by atoms with van der Waals surface area (Å²) in [4.78, 5) is 11.8. The van der Waals surface area contributed by atoms with Gasteiger partial charge in [0, 0.05) is 6.54 Å². The number of aliphatic carboxylic acids is 1. The molecule has 7 heteroatoms. The van der Waals surface area contributed by atoms with Crippen molar-refractivity contribution in [3.8, 4) is 5.75 Å². The normalized spacial score (nSPS) is 24.1. The van der Waals surface area contributed by atoms with E-state index in [-0.39, 0.29) is 10.3 Å². The van der Waals surface area contributed by atoms with E-state index in [1.807, 2.05) is 0 Å². The van der Waals surface area contributed by atoms with Crippen LogP contribution in [0.1, 0.15) is 38.5 Å². The Balaban J connectivity index is 1.93. The molecule has 6 nitrogen and oxygen atoms in total. The standard InChI is InChI=1S/C17H23NO5S/c1-23-13-5-7-14(8-6-13)24(21,22)18-12-17(9-3-2-4-10-17)11-15(18)16(19)20/h5-8,15H,2-4,9-12H2,1H3,(H,19,20). The highest BCUT2D eigenvalue weighted by atomic mass is 32.2. The summed E-state index contributed by atoms with van der Waals surface area (Å²) in [5, 5.41) is 9.56. The number of carboxylic acid groups (broad SMARTS) is 1. The van der Waals surface area contributed by atoms with Crippen molar-refractivity contribution in [2.75, 3.05) is 13.7 Å². The van der Waals surface area contributed by atoms with Crippen LogP contribution in [0.25, 0.3) is 0 Å². The monoisotopic (exact) mass is 353 g/mol. The van der Waals surface area contributed by atoms with E-state index in [1.54, 1.807) is 12.1 Å². The summed E-state index contributed by atoms with van der Waals surface area (Å²) < 4.78 is 32.2. The van der Waals surface area contributed by atoms with Gasteiger partial charge in [-0.1, -0.05) is 19.3 Å². The Kier molecular flexibility index (Phi) is 4.57. The van der Waals surface area contributed by atoms with Crippen LogP contribution in [0, 0.1) is 5.41 Å². The first-order valence-electron chi connectivity index (χ1n) is 8.27. The Morgan fingerprint density at radius 2 is 1.83 bits per heavy atom. The number of hydrogen-bond acceptors (Lipinski definition) is 4. The SMILES string of the molecule is COc1ccc(S(=O)(=O)N2CC3(CCCCC3)CC2C(=O)O)cc1. The molecular formula is C17H23NO5S. The molecule has 1 spiro atoms. The third kappa shape index (κ3) is 3.02. The summed E-state index contributed by atoms with van der Waals surface area (Å²) in [6.07, 6.45) is 5.46. The maximum absolute atomic E-state index is 13.0. The number of ether oxygens (including phenoxy) is 1. The molecule has 1 aliphatic carbocycles. The lowest BCUT2D eigenvalue weighted by Crippen LogP contribution is -2.40. The molecule has 2 aliphatic rings.